The van der Waals surface area contributed by atoms with Crippen molar-refractivity contribution in [1.82, 2.24) is 4.90 Å². The Kier molecular flexibility index (Phi) is 6.22. The van der Waals surface area contributed by atoms with E-state index in [1.54, 1.807) is 17.0 Å². The first-order chi connectivity index (χ1) is 14.5. The van der Waals surface area contributed by atoms with E-state index in [0.29, 0.717) is 11.3 Å². The van der Waals surface area contributed by atoms with E-state index in [2.05, 4.69) is 22.6 Å². The zero-order valence-corrected chi connectivity index (χ0v) is 19.2. The van der Waals surface area contributed by atoms with Gasteiger partial charge in [-0.25, -0.2) is 4.90 Å². The molecule has 30 heavy (non-hydrogen) atoms. The first-order valence-corrected chi connectivity index (χ1v) is 11.6. The highest BCUT2D eigenvalue weighted by Gasteiger charge is 2.46. The molecule has 2 aliphatic rings. The monoisotopic (exact) mass is 516 g/mol. The van der Waals surface area contributed by atoms with Gasteiger partial charge in [-0.05, 0) is 78.3 Å². The summed E-state index contributed by atoms with van der Waals surface area (Å²) < 4.78 is 1.03. The molecule has 1 heterocycles. The van der Waals surface area contributed by atoms with Crippen LogP contribution < -0.4 is 4.90 Å². The minimum Gasteiger partial charge on any atom is -0.323 e. The van der Waals surface area contributed by atoms with Gasteiger partial charge in [-0.3, -0.25) is 14.4 Å². The Morgan fingerprint density at radius 3 is 2.33 bits per heavy atom. The lowest BCUT2D eigenvalue weighted by atomic mass is 9.91. The van der Waals surface area contributed by atoms with Crippen molar-refractivity contribution in [2.75, 3.05) is 4.90 Å². The molecule has 6 heteroatoms. The number of rotatable bonds is 4. The van der Waals surface area contributed by atoms with Crippen LogP contribution >= 0.6 is 22.6 Å². The molecular formula is C24H25IN2O3. The van der Waals surface area contributed by atoms with E-state index in [1.165, 1.54) is 4.90 Å². The third kappa shape index (κ3) is 4.02. The molecule has 0 radical (unpaired) electrons. The highest BCUT2D eigenvalue weighted by Crippen LogP contribution is 2.32. The molecule has 5 nitrogen and oxygen atoms in total. The van der Waals surface area contributed by atoms with Gasteiger partial charge in [-0.15, -0.1) is 0 Å². The smallest absolute Gasteiger partial charge is 0.257 e. The molecule has 1 aliphatic heterocycles. The number of imide groups is 1. The highest BCUT2D eigenvalue weighted by atomic mass is 127. The Hall–Kier alpha value is -2.22. The van der Waals surface area contributed by atoms with E-state index in [0.717, 1.165) is 41.2 Å². The second-order valence-corrected chi connectivity index (χ2v) is 9.33. The third-order valence-corrected chi connectivity index (χ3v) is 6.84. The fourth-order valence-corrected chi connectivity index (χ4v) is 4.93. The summed E-state index contributed by atoms with van der Waals surface area (Å²) in [5.74, 6) is -0.686. The van der Waals surface area contributed by atoms with Crippen LogP contribution in [0, 0.1) is 10.5 Å². The number of amides is 3. The molecule has 4 rings (SSSR count). The van der Waals surface area contributed by atoms with Gasteiger partial charge in [0.2, 0.25) is 5.91 Å². The number of halogens is 1. The maximum Gasteiger partial charge on any atom is 0.257 e. The molecule has 156 valence electrons. The van der Waals surface area contributed by atoms with Crippen LogP contribution in [0.15, 0.2) is 48.5 Å². The standard InChI is InChI=1S/C24H25IN2O3/c1-16-7-5-6-10-20(16)23(29)26(18-8-3-2-4-9-18)21-15-22(28)27(24(21)30)19-13-11-17(25)12-14-19/h5-7,10-14,18,21H,2-4,8-9,15H2,1H3. The van der Waals surface area contributed by atoms with Gasteiger partial charge in [-0.1, -0.05) is 37.5 Å². The fourth-order valence-electron chi connectivity index (χ4n) is 4.57. The van der Waals surface area contributed by atoms with E-state index >= 15 is 0 Å². The Labute approximate surface area is 190 Å². The summed E-state index contributed by atoms with van der Waals surface area (Å²) in [4.78, 5) is 42.9. The predicted octanol–water partition coefficient (Wildman–Crippen LogP) is 4.71. The van der Waals surface area contributed by atoms with Gasteiger partial charge in [0.05, 0.1) is 12.1 Å². The van der Waals surface area contributed by atoms with Crippen molar-refractivity contribution in [3.05, 3.63) is 63.2 Å². The van der Waals surface area contributed by atoms with Crippen LogP contribution in [-0.4, -0.2) is 34.7 Å². The van der Waals surface area contributed by atoms with E-state index in [9.17, 15) is 14.4 Å². The van der Waals surface area contributed by atoms with Crippen molar-refractivity contribution in [3.63, 3.8) is 0 Å². The SMILES string of the molecule is Cc1ccccc1C(=O)N(C1CCCCC1)C1CC(=O)N(c2ccc(I)cc2)C1=O. The minimum absolute atomic E-state index is 0.00993. The van der Waals surface area contributed by atoms with Crippen molar-refractivity contribution in [2.24, 2.45) is 0 Å². The van der Waals surface area contributed by atoms with Gasteiger partial charge < -0.3 is 4.90 Å². The zero-order chi connectivity index (χ0) is 21.3. The number of carbonyl (C=O) groups excluding carboxylic acids is 3. The van der Waals surface area contributed by atoms with Gasteiger partial charge in [0.1, 0.15) is 6.04 Å². The molecule has 2 fully saturated rings. The van der Waals surface area contributed by atoms with Gasteiger partial charge in [0, 0.05) is 15.2 Å². The van der Waals surface area contributed by atoms with E-state index in [1.807, 2.05) is 43.3 Å². The number of hydrogen-bond acceptors (Lipinski definition) is 3. The lowest BCUT2D eigenvalue weighted by Gasteiger charge is -2.37. The van der Waals surface area contributed by atoms with E-state index in [4.69, 9.17) is 0 Å². The first-order valence-electron chi connectivity index (χ1n) is 10.5. The van der Waals surface area contributed by atoms with Crippen LogP contribution in [0.25, 0.3) is 0 Å². The van der Waals surface area contributed by atoms with Gasteiger partial charge in [0.15, 0.2) is 0 Å². The fraction of sp³-hybridized carbons (Fsp3) is 0.375. The molecule has 1 unspecified atom stereocenters. The summed E-state index contributed by atoms with van der Waals surface area (Å²) in [6.07, 6.45) is 5.02. The Balaban J connectivity index is 1.69. The molecule has 1 atom stereocenters. The largest absolute Gasteiger partial charge is 0.323 e. The Morgan fingerprint density at radius 1 is 1.00 bits per heavy atom. The van der Waals surface area contributed by atoms with Crippen LogP contribution in [0.1, 0.15) is 54.4 Å². The lowest BCUT2D eigenvalue weighted by molar-refractivity contribution is -0.123. The molecule has 0 spiro atoms. The average molecular weight is 516 g/mol. The molecule has 1 aliphatic carbocycles. The molecule has 1 saturated carbocycles. The summed E-state index contributed by atoms with van der Waals surface area (Å²) >= 11 is 2.19. The van der Waals surface area contributed by atoms with E-state index < -0.39 is 6.04 Å². The van der Waals surface area contributed by atoms with Crippen LogP contribution in [0.5, 0.6) is 0 Å². The molecule has 3 amide bonds. The predicted molar refractivity (Wildman–Crippen MR) is 124 cm³/mol. The quantitative estimate of drug-likeness (QED) is 0.437. The number of hydrogen-bond donors (Lipinski definition) is 0. The van der Waals surface area contributed by atoms with Crippen molar-refractivity contribution < 1.29 is 14.4 Å². The van der Waals surface area contributed by atoms with Crippen LogP contribution in [-0.2, 0) is 9.59 Å². The highest BCUT2D eigenvalue weighted by molar-refractivity contribution is 14.1. The van der Waals surface area contributed by atoms with Crippen molar-refractivity contribution in [2.45, 2.75) is 57.5 Å². The van der Waals surface area contributed by atoms with Crippen LogP contribution in [0.4, 0.5) is 5.69 Å². The first kappa shape index (κ1) is 21.0. The maximum atomic E-state index is 13.6. The molecule has 2 aromatic carbocycles. The molecule has 1 saturated heterocycles. The normalized spacial score (nSPS) is 19.9. The maximum absolute atomic E-state index is 13.6. The molecule has 0 aromatic heterocycles. The summed E-state index contributed by atoms with van der Waals surface area (Å²) in [6, 6.07) is 14.0. The second kappa shape index (κ2) is 8.88. The van der Waals surface area contributed by atoms with Gasteiger partial charge in [0.25, 0.3) is 11.8 Å². The topological polar surface area (TPSA) is 57.7 Å². The Bertz CT molecular complexity index is 967. The summed E-state index contributed by atoms with van der Waals surface area (Å²) in [5, 5.41) is 0. The summed E-state index contributed by atoms with van der Waals surface area (Å²) in [7, 11) is 0. The summed E-state index contributed by atoms with van der Waals surface area (Å²) in [5.41, 5.74) is 2.06. The van der Waals surface area contributed by atoms with Gasteiger partial charge in [-0.2, -0.15) is 0 Å². The second-order valence-electron chi connectivity index (χ2n) is 8.08. The van der Waals surface area contributed by atoms with Crippen molar-refractivity contribution in [3.8, 4) is 0 Å². The third-order valence-electron chi connectivity index (χ3n) is 6.12. The van der Waals surface area contributed by atoms with E-state index in [-0.39, 0.29) is 30.2 Å². The number of benzene rings is 2. The number of aryl methyl sites for hydroxylation is 1. The lowest BCUT2D eigenvalue weighted by Crippen LogP contribution is -2.51. The summed E-state index contributed by atoms with van der Waals surface area (Å²) in [6.45, 7) is 1.91. The molecular weight excluding hydrogens is 491 g/mol. The zero-order valence-electron chi connectivity index (χ0n) is 17.0. The van der Waals surface area contributed by atoms with Gasteiger partial charge >= 0.3 is 0 Å². The molecule has 0 N–H and O–H groups in total. The average Bonchev–Trinajstić information content (AvgIpc) is 3.04. The Morgan fingerprint density at radius 2 is 1.67 bits per heavy atom. The minimum atomic E-state index is -0.744. The number of nitrogens with zero attached hydrogens (tertiary/aromatic N) is 2. The van der Waals surface area contributed by atoms with Crippen LogP contribution in [0.2, 0.25) is 0 Å². The molecule has 0 bridgehead atoms. The van der Waals surface area contributed by atoms with Crippen LogP contribution in [0.3, 0.4) is 0 Å². The van der Waals surface area contributed by atoms with Crippen molar-refractivity contribution >= 4 is 46.0 Å². The van der Waals surface area contributed by atoms with Crippen molar-refractivity contribution in [1.29, 1.82) is 0 Å². The number of anilines is 1. The molecule has 2 aromatic rings. The number of carbonyl (C=O) groups is 3.